The molecule has 0 radical (unpaired) electrons. The number of carbonyl (C=O) groups is 1. The Labute approximate surface area is 179 Å². The Balaban J connectivity index is 1.70. The Morgan fingerprint density at radius 3 is 2.68 bits per heavy atom. The average molecular weight is 412 g/mol. The number of hydrazone groups is 1. The number of phenolic OH excluding ortho intramolecular Hbond substituents is 1. The maximum Gasteiger partial charge on any atom is 0.272 e. The predicted octanol–water partition coefficient (Wildman–Crippen LogP) is 4.17. The van der Waals surface area contributed by atoms with Crippen molar-refractivity contribution in [1.29, 1.82) is 0 Å². The summed E-state index contributed by atoms with van der Waals surface area (Å²) in [7, 11) is 1.54. The smallest absolute Gasteiger partial charge is 0.272 e. The fraction of sp³-hybridized carbons (Fsp3) is 0.0833. The van der Waals surface area contributed by atoms with E-state index in [4.69, 9.17) is 4.74 Å². The van der Waals surface area contributed by atoms with Gasteiger partial charge in [0.15, 0.2) is 0 Å². The van der Waals surface area contributed by atoms with Gasteiger partial charge < -0.3 is 9.84 Å². The molecule has 0 unspecified atom stereocenters. The van der Waals surface area contributed by atoms with Crippen LogP contribution in [0, 0.1) is 0 Å². The van der Waals surface area contributed by atoms with E-state index in [2.05, 4.69) is 20.5 Å². The number of amides is 1. The summed E-state index contributed by atoms with van der Waals surface area (Å²) < 4.78 is 5.19. The van der Waals surface area contributed by atoms with Crippen LogP contribution in [0.15, 0.2) is 78.2 Å². The highest BCUT2D eigenvalue weighted by molar-refractivity contribution is 6.08. The number of hydrogen-bond donors (Lipinski definition) is 2. The molecule has 7 heteroatoms. The minimum Gasteiger partial charge on any atom is -0.507 e. The number of pyridine rings is 2. The van der Waals surface area contributed by atoms with Crippen molar-refractivity contribution in [2.75, 3.05) is 7.11 Å². The molecule has 0 aliphatic heterocycles. The topological polar surface area (TPSA) is 96.7 Å². The van der Waals surface area contributed by atoms with Gasteiger partial charge in [0.1, 0.15) is 11.5 Å². The molecule has 0 aliphatic rings. The first-order chi connectivity index (χ1) is 15.1. The van der Waals surface area contributed by atoms with Gasteiger partial charge in [0.2, 0.25) is 0 Å². The Hall–Kier alpha value is -4.26. The van der Waals surface area contributed by atoms with Crippen LogP contribution >= 0.6 is 0 Å². The number of benzene rings is 2. The molecule has 31 heavy (non-hydrogen) atoms. The molecule has 7 nitrogen and oxygen atoms in total. The molecule has 2 heterocycles. The molecule has 0 atom stereocenters. The van der Waals surface area contributed by atoms with E-state index < -0.39 is 0 Å². The summed E-state index contributed by atoms with van der Waals surface area (Å²) in [6, 6.07) is 17.7. The van der Waals surface area contributed by atoms with Crippen molar-refractivity contribution >= 4 is 22.5 Å². The molecule has 0 spiro atoms. The van der Waals surface area contributed by atoms with Crippen LogP contribution in [-0.2, 0) is 0 Å². The third kappa shape index (κ3) is 4.20. The Bertz CT molecular complexity index is 1290. The van der Waals surface area contributed by atoms with Gasteiger partial charge in [0.05, 0.1) is 29.6 Å². The summed E-state index contributed by atoms with van der Waals surface area (Å²) in [4.78, 5) is 21.8. The summed E-state index contributed by atoms with van der Waals surface area (Å²) >= 11 is 0. The first kappa shape index (κ1) is 20.0. The van der Waals surface area contributed by atoms with Crippen molar-refractivity contribution in [3.05, 3.63) is 84.2 Å². The van der Waals surface area contributed by atoms with Gasteiger partial charge in [-0.15, -0.1) is 0 Å². The van der Waals surface area contributed by atoms with Gasteiger partial charge in [-0.2, -0.15) is 5.10 Å². The van der Waals surface area contributed by atoms with Gasteiger partial charge in [-0.25, -0.2) is 10.4 Å². The molecule has 4 aromatic rings. The summed E-state index contributed by atoms with van der Waals surface area (Å²) in [5.74, 6) is 0.241. The normalized spacial score (nSPS) is 11.4. The number of methoxy groups -OCH3 is 1. The van der Waals surface area contributed by atoms with Crippen LogP contribution < -0.4 is 10.2 Å². The number of nitrogens with zero attached hydrogens (tertiary/aromatic N) is 3. The van der Waals surface area contributed by atoms with Crippen LogP contribution in [-0.4, -0.2) is 33.8 Å². The highest BCUT2D eigenvalue weighted by atomic mass is 16.5. The van der Waals surface area contributed by atoms with Gasteiger partial charge in [0, 0.05) is 28.9 Å². The lowest BCUT2D eigenvalue weighted by molar-refractivity contribution is 0.0956. The van der Waals surface area contributed by atoms with Crippen LogP contribution in [0.2, 0.25) is 0 Å². The van der Waals surface area contributed by atoms with Gasteiger partial charge in [-0.3, -0.25) is 9.78 Å². The molecule has 0 fully saturated rings. The number of phenols is 1. The van der Waals surface area contributed by atoms with Crippen molar-refractivity contribution in [3.63, 3.8) is 0 Å². The van der Waals surface area contributed by atoms with Crippen molar-refractivity contribution in [2.45, 2.75) is 6.92 Å². The summed E-state index contributed by atoms with van der Waals surface area (Å²) in [6.45, 7) is 1.69. The van der Waals surface area contributed by atoms with Crippen LogP contribution in [0.4, 0.5) is 0 Å². The van der Waals surface area contributed by atoms with E-state index in [0.29, 0.717) is 39.2 Å². The fourth-order valence-electron chi connectivity index (χ4n) is 3.21. The third-order valence-corrected chi connectivity index (χ3v) is 4.84. The van der Waals surface area contributed by atoms with Crippen molar-refractivity contribution in [2.24, 2.45) is 5.10 Å². The molecular weight excluding hydrogens is 392 g/mol. The lowest BCUT2D eigenvalue weighted by Crippen LogP contribution is -2.20. The fourth-order valence-corrected chi connectivity index (χ4v) is 3.21. The molecule has 4 rings (SSSR count). The number of carbonyl (C=O) groups excluding carboxylic acids is 1. The molecule has 2 aromatic carbocycles. The van der Waals surface area contributed by atoms with Crippen LogP contribution in [0.3, 0.4) is 0 Å². The quantitative estimate of drug-likeness (QED) is 0.379. The molecule has 0 aliphatic carbocycles. The average Bonchev–Trinajstić information content (AvgIpc) is 2.82. The van der Waals surface area contributed by atoms with Crippen LogP contribution in [0.1, 0.15) is 22.8 Å². The van der Waals surface area contributed by atoms with Gasteiger partial charge in [-0.1, -0.05) is 18.2 Å². The highest BCUT2D eigenvalue weighted by Gasteiger charge is 2.14. The van der Waals surface area contributed by atoms with E-state index in [1.807, 2.05) is 36.4 Å². The van der Waals surface area contributed by atoms with E-state index in [-0.39, 0.29) is 11.7 Å². The number of para-hydroxylation sites is 1. The van der Waals surface area contributed by atoms with Crippen LogP contribution in [0.5, 0.6) is 11.5 Å². The lowest BCUT2D eigenvalue weighted by atomic mass is 10.0. The zero-order valence-electron chi connectivity index (χ0n) is 17.0. The molecule has 1 amide bonds. The number of hydrogen-bond acceptors (Lipinski definition) is 6. The zero-order chi connectivity index (χ0) is 21.8. The maximum absolute atomic E-state index is 13.0. The Kier molecular flexibility index (Phi) is 5.57. The maximum atomic E-state index is 13.0. The number of aromatic nitrogens is 2. The van der Waals surface area contributed by atoms with E-state index in [1.54, 1.807) is 44.6 Å². The van der Waals surface area contributed by atoms with Crippen molar-refractivity contribution < 1.29 is 14.6 Å². The number of fused-ring (bicyclic) bond motifs is 1. The second kappa shape index (κ2) is 8.62. The summed E-state index contributed by atoms with van der Waals surface area (Å²) in [6.07, 6.45) is 3.39. The van der Waals surface area contributed by atoms with Gasteiger partial charge >= 0.3 is 0 Å². The molecule has 0 bridgehead atoms. The highest BCUT2D eigenvalue weighted by Crippen LogP contribution is 2.25. The first-order valence-electron chi connectivity index (χ1n) is 9.59. The number of aromatic hydroxyl groups is 1. The second-order valence-corrected chi connectivity index (χ2v) is 6.84. The standard InChI is InChI=1S/C24H20N4O3/c1-15(19-12-17(31-2)9-10-23(19)29)27-28-24(30)20-13-22(16-6-5-11-25-14-16)26-21-8-4-3-7-18(20)21/h3-14,29H,1-2H3,(H,28,30)/b27-15+. The minimum absolute atomic E-state index is 0.0459. The monoisotopic (exact) mass is 412 g/mol. The van der Waals surface area contributed by atoms with Crippen molar-refractivity contribution in [3.8, 4) is 22.8 Å². The second-order valence-electron chi connectivity index (χ2n) is 6.84. The first-order valence-corrected chi connectivity index (χ1v) is 9.59. The van der Waals surface area contributed by atoms with E-state index in [9.17, 15) is 9.90 Å². The van der Waals surface area contributed by atoms with E-state index in [0.717, 1.165) is 5.56 Å². The predicted molar refractivity (Wildman–Crippen MR) is 119 cm³/mol. The Morgan fingerprint density at radius 2 is 1.90 bits per heavy atom. The molecule has 154 valence electrons. The number of nitrogens with one attached hydrogen (secondary N) is 1. The molecule has 0 saturated heterocycles. The zero-order valence-corrected chi connectivity index (χ0v) is 17.0. The molecule has 2 N–H and O–H groups in total. The van der Waals surface area contributed by atoms with Crippen molar-refractivity contribution in [1.82, 2.24) is 15.4 Å². The van der Waals surface area contributed by atoms with E-state index >= 15 is 0 Å². The minimum atomic E-state index is -0.384. The third-order valence-electron chi connectivity index (χ3n) is 4.84. The van der Waals surface area contributed by atoms with Gasteiger partial charge in [-0.05, 0) is 49.4 Å². The number of ether oxygens (including phenoxy) is 1. The summed E-state index contributed by atoms with van der Waals surface area (Å²) in [5, 5.41) is 15.0. The number of rotatable bonds is 5. The molecule has 2 aromatic heterocycles. The van der Waals surface area contributed by atoms with Gasteiger partial charge in [0.25, 0.3) is 5.91 Å². The lowest BCUT2D eigenvalue weighted by Gasteiger charge is -2.10. The van der Waals surface area contributed by atoms with E-state index in [1.165, 1.54) is 6.07 Å². The van der Waals surface area contributed by atoms with Crippen LogP contribution in [0.25, 0.3) is 22.2 Å². The SMILES string of the molecule is COc1ccc(O)c(/C(C)=N/NC(=O)c2cc(-c3cccnc3)nc3ccccc23)c1. The summed E-state index contributed by atoms with van der Waals surface area (Å²) in [5.41, 5.74) is 6.08. The molecular formula is C24H20N4O3. The molecule has 0 saturated carbocycles. The largest absolute Gasteiger partial charge is 0.507 e. The Morgan fingerprint density at radius 1 is 1.06 bits per heavy atom.